The van der Waals surface area contributed by atoms with Gasteiger partial charge in [0.05, 0.1) is 0 Å². The quantitative estimate of drug-likeness (QED) is 0.638. The Morgan fingerprint density at radius 3 is 2.39 bits per heavy atom. The zero-order chi connectivity index (χ0) is 13.1. The molecule has 0 aromatic heterocycles. The van der Waals surface area contributed by atoms with Gasteiger partial charge in [-0.3, -0.25) is 5.41 Å². The van der Waals surface area contributed by atoms with E-state index < -0.39 is 0 Å². The first kappa shape index (κ1) is 12.2. The first-order chi connectivity index (χ1) is 8.56. The highest BCUT2D eigenvalue weighted by molar-refractivity contribution is 5.96. The molecule has 2 aromatic carbocycles. The highest BCUT2D eigenvalue weighted by Crippen LogP contribution is 2.24. The number of benzene rings is 2. The van der Waals surface area contributed by atoms with Gasteiger partial charge in [-0.15, -0.1) is 0 Å². The normalized spacial score (nSPS) is 10.1. The monoisotopic (exact) mass is 240 g/mol. The van der Waals surface area contributed by atoms with Crippen molar-refractivity contribution in [3.05, 3.63) is 59.2 Å². The second-order valence-electron chi connectivity index (χ2n) is 4.31. The summed E-state index contributed by atoms with van der Waals surface area (Å²) in [6, 6.07) is 13.4. The number of amidine groups is 1. The van der Waals surface area contributed by atoms with E-state index in [4.69, 9.17) is 15.9 Å². The standard InChI is InChI=1S/C15H16N2O/c1-10-4-3-5-12(8-10)18-13-6-7-14(15(16)17)11(2)9-13/h3-9H,1-2H3,(H3,16,17). The van der Waals surface area contributed by atoms with Crippen molar-refractivity contribution in [1.82, 2.24) is 0 Å². The summed E-state index contributed by atoms with van der Waals surface area (Å²) in [4.78, 5) is 0. The van der Waals surface area contributed by atoms with Crippen molar-refractivity contribution >= 4 is 5.84 Å². The van der Waals surface area contributed by atoms with Crippen LogP contribution in [-0.4, -0.2) is 5.84 Å². The van der Waals surface area contributed by atoms with E-state index in [1.807, 2.05) is 56.3 Å². The molecular formula is C15H16N2O. The van der Waals surface area contributed by atoms with Gasteiger partial charge in [-0.05, 0) is 55.3 Å². The predicted molar refractivity (Wildman–Crippen MR) is 73.4 cm³/mol. The highest BCUT2D eigenvalue weighted by Gasteiger charge is 2.04. The number of ether oxygens (including phenoxy) is 1. The number of aryl methyl sites for hydroxylation is 2. The summed E-state index contributed by atoms with van der Waals surface area (Å²) in [7, 11) is 0. The van der Waals surface area contributed by atoms with Crippen molar-refractivity contribution < 1.29 is 4.74 Å². The van der Waals surface area contributed by atoms with Crippen LogP contribution in [0.25, 0.3) is 0 Å². The lowest BCUT2D eigenvalue weighted by atomic mass is 10.1. The van der Waals surface area contributed by atoms with Gasteiger partial charge in [-0.2, -0.15) is 0 Å². The summed E-state index contributed by atoms with van der Waals surface area (Å²) in [6.45, 7) is 3.94. The van der Waals surface area contributed by atoms with Crippen molar-refractivity contribution in [2.24, 2.45) is 5.73 Å². The molecule has 0 aliphatic heterocycles. The van der Waals surface area contributed by atoms with E-state index in [1.54, 1.807) is 0 Å². The summed E-state index contributed by atoms with van der Waals surface area (Å²) in [5, 5.41) is 7.43. The van der Waals surface area contributed by atoms with Crippen molar-refractivity contribution in [3.8, 4) is 11.5 Å². The van der Waals surface area contributed by atoms with Gasteiger partial charge in [-0.1, -0.05) is 12.1 Å². The lowest BCUT2D eigenvalue weighted by Gasteiger charge is -2.09. The largest absolute Gasteiger partial charge is 0.457 e. The van der Waals surface area contributed by atoms with E-state index in [-0.39, 0.29) is 5.84 Å². The van der Waals surface area contributed by atoms with Crippen LogP contribution in [0.5, 0.6) is 11.5 Å². The zero-order valence-corrected chi connectivity index (χ0v) is 10.5. The van der Waals surface area contributed by atoms with Crippen LogP contribution < -0.4 is 10.5 Å². The lowest BCUT2D eigenvalue weighted by molar-refractivity contribution is 0.482. The Balaban J connectivity index is 2.25. The molecule has 3 nitrogen and oxygen atoms in total. The van der Waals surface area contributed by atoms with E-state index >= 15 is 0 Å². The van der Waals surface area contributed by atoms with Crippen LogP contribution in [0.3, 0.4) is 0 Å². The van der Waals surface area contributed by atoms with Gasteiger partial charge in [0.25, 0.3) is 0 Å². The van der Waals surface area contributed by atoms with Crippen molar-refractivity contribution in [2.45, 2.75) is 13.8 Å². The van der Waals surface area contributed by atoms with Crippen molar-refractivity contribution in [3.63, 3.8) is 0 Å². The number of nitrogens with two attached hydrogens (primary N) is 1. The molecule has 0 fully saturated rings. The molecule has 0 bridgehead atoms. The molecule has 3 heteroatoms. The Morgan fingerprint density at radius 2 is 1.78 bits per heavy atom. The van der Waals surface area contributed by atoms with E-state index in [9.17, 15) is 0 Å². The third-order valence-electron chi connectivity index (χ3n) is 2.71. The molecule has 0 saturated heterocycles. The number of nitrogen functional groups attached to an aromatic ring is 1. The first-order valence-corrected chi connectivity index (χ1v) is 5.76. The van der Waals surface area contributed by atoms with Gasteiger partial charge in [-0.25, -0.2) is 0 Å². The molecule has 0 aliphatic rings. The molecule has 18 heavy (non-hydrogen) atoms. The van der Waals surface area contributed by atoms with E-state index in [0.29, 0.717) is 0 Å². The molecule has 0 spiro atoms. The molecule has 0 aliphatic carbocycles. The highest BCUT2D eigenvalue weighted by atomic mass is 16.5. The molecule has 0 radical (unpaired) electrons. The average Bonchev–Trinajstić information content (AvgIpc) is 2.28. The third-order valence-corrected chi connectivity index (χ3v) is 2.71. The van der Waals surface area contributed by atoms with Crippen LogP contribution in [0.15, 0.2) is 42.5 Å². The third kappa shape index (κ3) is 2.69. The lowest BCUT2D eigenvalue weighted by Crippen LogP contribution is -2.12. The SMILES string of the molecule is Cc1cccc(Oc2ccc(C(=N)N)c(C)c2)c1. The Kier molecular flexibility index (Phi) is 3.33. The van der Waals surface area contributed by atoms with Gasteiger partial charge >= 0.3 is 0 Å². The van der Waals surface area contributed by atoms with Gasteiger partial charge in [0, 0.05) is 5.56 Å². The summed E-state index contributed by atoms with van der Waals surface area (Å²) in [6.07, 6.45) is 0. The number of rotatable bonds is 3. The van der Waals surface area contributed by atoms with E-state index in [1.165, 1.54) is 0 Å². The maximum Gasteiger partial charge on any atom is 0.127 e. The smallest absolute Gasteiger partial charge is 0.127 e. The molecule has 2 aromatic rings. The molecular weight excluding hydrogens is 224 g/mol. The predicted octanol–water partition coefficient (Wildman–Crippen LogP) is 3.38. The molecule has 0 heterocycles. The fourth-order valence-corrected chi connectivity index (χ4v) is 1.82. The van der Waals surface area contributed by atoms with Crippen LogP contribution in [0.2, 0.25) is 0 Å². The Bertz CT molecular complexity index is 591. The summed E-state index contributed by atoms with van der Waals surface area (Å²) in [5.41, 5.74) is 8.32. The topological polar surface area (TPSA) is 59.1 Å². The molecule has 0 unspecified atom stereocenters. The molecule has 0 saturated carbocycles. The van der Waals surface area contributed by atoms with E-state index in [2.05, 4.69) is 0 Å². The Labute approximate surface area is 107 Å². The Morgan fingerprint density at radius 1 is 1.06 bits per heavy atom. The molecule has 2 rings (SSSR count). The first-order valence-electron chi connectivity index (χ1n) is 5.76. The van der Waals surface area contributed by atoms with Crippen LogP contribution in [0.4, 0.5) is 0 Å². The van der Waals surface area contributed by atoms with E-state index in [0.717, 1.165) is 28.2 Å². The second-order valence-corrected chi connectivity index (χ2v) is 4.31. The van der Waals surface area contributed by atoms with Crippen molar-refractivity contribution in [2.75, 3.05) is 0 Å². The van der Waals surface area contributed by atoms with Gasteiger partial charge in [0.1, 0.15) is 17.3 Å². The summed E-state index contributed by atoms with van der Waals surface area (Å²) >= 11 is 0. The second kappa shape index (κ2) is 4.92. The summed E-state index contributed by atoms with van der Waals surface area (Å²) in [5.74, 6) is 1.64. The van der Waals surface area contributed by atoms with Gasteiger partial charge in [0.15, 0.2) is 0 Å². The number of nitrogens with one attached hydrogen (secondary N) is 1. The minimum atomic E-state index is 0.0783. The fourth-order valence-electron chi connectivity index (χ4n) is 1.82. The average molecular weight is 240 g/mol. The Hall–Kier alpha value is -2.29. The number of hydrogen-bond donors (Lipinski definition) is 2. The van der Waals surface area contributed by atoms with Crippen LogP contribution in [0, 0.1) is 19.3 Å². The fraction of sp³-hybridized carbons (Fsp3) is 0.133. The minimum absolute atomic E-state index is 0.0783. The minimum Gasteiger partial charge on any atom is -0.457 e. The molecule has 0 atom stereocenters. The maximum absolute atomic E-state index is 7.43. The molecule has 92 valence electrons. The van der Waals surface area contributed by atoms with Gasteiger partial charge < -0.3 is 10.5 Å². The van der Waals surface area contributed by atoms with Crippen LogP contribution in [0.1, 0.15) is 16.7 Å². The maximum atomic E-state index is 7.43. The van der Waals surface area contributed by atoms with Crippen LogP contribution >= 0.6 is 0 Å². The molecule has 0 amide bonds. The summed E-state index contributed by atoms with van der Waals surface area (Å²) < 4.78 is 5.76. The van der Waals surface area contributed by atoms with Crippen molar-refractivity contribution in [1.29, 1.82) is 5.41 Å². The molecule has 3 N–H and O–H groups in total. The van der Waals surface area contributed by atoms with Gasteiger partial charge in [0.2, 0.25) is 0 Å². The number of hydrogen-bond acceptors (Lipinski definition) is 2. The zero-order valence-electron chi connectivity index (χ0n) is 10.5. The van der Waals surface area contributed by atoms with Crippen LogP contribution in [-0.2, 0) is 0 Å².